The highest BCUT2D eigenvalue weighted by molar-refractivity contribution is 6.51. The molecule has 166 valence electrons. The summed E-state index contributed by atoms with van der Waals surface area (Å²) in [4.78, 5) is 2.36. The second-order valence-corrected chi connectivity index (χ2v) is 9.81. The van der Waals surface area contributed by atoms with Crippen LogP contribution in [0.1, 0.15) is 0 Å². The minimum atomic E-state index is 0.793. The van der Waals surface area contributed by atoms with Crippen molar-refractivity contribution in [2.75, 3.05) is 4.90 Å². The molecule has 0 aliphatic carbocycles. The van der Waals surface area contributed by atoms with Crippen molar-refractivity contribution in [1.82, 2.24) is 0 Å². The molecule has 0 heterocycles. The molecule has 0 saturated heterocycles. The van der Waals surface area contributed by atoms with Crippen LogP contribution in [0.3, 0.4) is 0 Å². The molecule has 6 rings (SSSR count). The second kappa shape index (κ2) is 9.25. The van der Waals surface area contributed by atoms with Crippen LogP contribution in [0.5, 0.6) is 0 Å². The molecule has 6 aromatic rings. The highest BCUT2D eigenvalue weighted by Gasteiger charge is 2.14. The molecule has 0 aliphatic heterocycles. The fourth-order valence-electron chi connectivity index (χ4n) is 4.79. The van der Waals surface area contributed by atoms with E-state index in [0.717, 1.165) is 20.9 Å². The van der Waals surface area contributed by atoms with Crippen LogP contribution < -0.4 is 10.1 Å². The summed E-state index contributed by atoms with van der Waals surface area (Å²) in [5, 5.41) is 6.46. The van der Waals surface area contributed by atoms with Gasteiger partial charge in [0.25, 0.3) is 0 Å². The number of nitrogens with zero attached hydrogens (tertiary/aromatic N) is 1. The van der Waals surface area contributed by atoms with Crippen LogP contribution >= 0.6 is 0 Å². The highest BCUT2D eigenvalue weighted by Crippen LogP contribution is 2.38. The van der Waals surface area contributed by atoms with Gasteiger partial charge in [0, 0.05) is 17.1 Å². The molecule has 2 radical (unpaired) electrons. The lowest BCUT2D eigenvalue weighted by Crippen LogP contribution is -2.13. The summed E-state index contributed by atoms with van der Waals surface area (Å²) in [6.07, 6.45) is 0. The fraction of sp³-hybridized carbons (Fsp3) is 0.0303. The van der Waals surface area contributed by atoms with Gasteiger partial charge in [-0.05, 0) is 69.1 Å². The van der Waals surface area contributed by atoms with Gasteiger partial charge in [0.2, 0.25) is 0 Å². The lowest BCUT2D eigenvalue weighted by atomic mass is 10.0. The molecule has 0 bridgehead atoms. The average Bonchev–Trinajstić information content (AvgIpc) is 2.94. The van der Waals surface area contributed by atoms with E-state index < -0.39 is 0 Å². The van der Waals surface area contributed by atoms with Crippen LogP contribution in [0.4, 0.5) is 17.1 Å². The first-order valence-electron chi connectivity index (χ1n) is 12.0. The third-order valence-electron chi connectivity index (χ3n) is 6.64. The van der Waals surface area contributed by atoms with E-state index in [0.29, 0.717) is 0 Å². The van der Waals surface area contributed by atoms with E-state index in [1.165, 1.54) is 43.5 Å². The van der Waals surface area contributed by atoms with E-state index in [9.17, 15) is 0 Å². The molecule has 0 fully saturated rings. The minimum absolute atomic E-state index is 0.793. The molecule has 6 aromatic carbocycles. The Morgan fingerprint density at radius 3 is 1.71 bits per heavy atom. The first kappa shape index (κ1) is 21.4. The van der Waals surface area contributed by atoms with Crippen molar-refractivity contribution in [2.24, 2.45) is 0 Å². The Labute approximate surface area is 209 Å². The number of anilines is 3. The van der Waals surface area contributed by atoms with Crippen molar-refractivity contribution >= 4 is 53.3 Å². The van der Waals surface area contributed by atoms with Crippen LogP contribution in [-0.2, 0) is 0 Å². The summed E-state index contributed by atoms with van der Waals surface area (Å²) in [6.45, 7) is 2.23. The maximum atomic E-state index is 2.36. The third-order valence-corrected chi connectivity index (χ3v) is 7.55. The van der Waals surface area contributed by atoms with E-state index in [1.54, 1.807) is 0 Å². The lowest BCUT2D eigenvalue weighted by molar-refractivity contribution is 1.29. The smallest absolute Gasteiger partial charge is 0.0773 e. The summed E-state index contributed by atoms with van der Waals surface area (Å²) in [5.41, 5.74) is 5.93. The molecule has 0 atom stereocenters. The van der Waals surface area contributed by atoms with Crippen LogP contribution in [0.2, 0.25) is 6.55 Å². The predicted molar refractivity (Wildman–Crippen MR) is 153 cm³/mol. The Bertz CT molecular complexity index is 1600. The van der Waals surface area contributed by atoms with Gasteiger partial charge in [-0.25, -0.2) is 0 Å². The van der Waals surface area contributed by atoms with E-state index in [-0.39, 0.29) is 0 Å². The fourth-order valence-corrected chi connectivity index (χ4v) is 5.29. The maximum absolute atomic E-state index is 2.36. The predicted octanol–water partition coefficient (Wildman–Crippen LogP) is 8.51. The number of rotatable bonds is 5. The molecule has 0 aliphatic rings. The van der Waals surface area contributed by atoms with E-state index in [2.05, 4.69) is 145 Å². The van der Waals surface area contributed by atoms with Gasteiger partial charge in [-0.15, -0.1) is 0 Å². The Kier molecular flexibility index (Phi) is 5.65. The Morgan fingerprint density at radius 2 is 1.00 bits per heavy atom. The molecule has 0 aromatic heterocycles. The van der Waals surface area contributed by atoms with Crippen LogP contribution in [0, 0.1) is 0 Å². The van der Waals surface area contributed by atoms with E-state index >= 15 is 0 Å². The summed E-state index contributed by atoms with van der Waals surface area (Å²) in [6, 6.07) is 48.3. The van der Waals surface area contributed by atoms with Gasteiger partial charge in [-0.2, -0.15) is 0 Å². The minimum Gasteiger partial charge on any atom is -0.310 e. The quantitative estimate of drug-likeness (QED) is 0.183. The van der Waals surface area contributed by atoms with Crippen LogP contribution in [-0.4, -0.2) is 9.52 Å². The molecule has 0 spiro atoms. The summed E-state index contributed by atoms with van der Waals surface area (Å²) in [5.74, 6) is 0. The molecular formula is C33H25NSi. The first-order chi connectivity index (χ1) is 17.3. The summed E-state index contributed by atoms with van der Waals surface area (Å²) < 4.78 is 0. The number of hydrogen-bond donors (Lipinski definition) is 0. The normalized spacial score (nSPS) is 11.1. The van der Waals surface area contributed by atoms with Gasteiger partial charge in [0.05, 0.1) is 9.52 Å². The molecule has 1 nitrogen and oxygen atoms in total. The standard InChI is InChI=1S/C33H25NSi/c1-35-31-21-19-29(20-22-31)34(28-16-13-25(14-17-28)24-7-3-2-4-8-24)30-18-15-27-12-11-26-9-5-6-10-32(26)33(27)23-30/h2-23H,1H3. The first-order valence-corrected chi connectivity index (χ1v) is 13.5. The molecule has 0 unspecified atom stereocenters. The number of fused-ring (bicyclic) bond motifs is 3. The Hall–Kier alpha value is -4.14. The van der Waals surface area contributed by atoms with Gasteiger partial charge >= 0.3 is 0 Å². The lowest BCUT2D eigenvalue weighted by Gasteiger charge is -2.26. The van der Waals surface area contributed by atoms with Gasteiger partial charge in [0.1, 0.15) is 0 Å². The number of hydrogen-bond acceptors (Lipinski definition) is 1. The molecule has 0 saturated carbocycles. The van der Waals surface area contributed by atoms with E-state index in [4.69, 9.17) is 0 Å². The van der Waals surface area contributed by atoms with Gasteiger partial charge in [0.15, 0.2) is 0 Å². The second-order valence-electron chi connectivity index (χ2n) is 8.74. The van der Waals surface area contributed by atoms with Gasteiger partial charge < -0.3 is 4.90 Å². The topological polar surface area (TPSA) is 3.24 Å². The van der Waals surface area contributed by atoms with Crippen molar-refractivity contribution in [1.29, 1.82) is 0 Å². The van der Waals surface area contributed by atoms with Gasteiger partial charge in [-0.1, -0.05) is 109 Å². The van der Waals surface area contributed by atoms with Crippen molar-refractivity contribution < 1.29 is 0 Å². The Morgan fingerprint density at radius 1 is 0.457 bits per heavy atom. The third kappa shape index (κ3) is 4.13. The molecular weight excluding hydrogens is 438 g/mol. The highest BCUT2D eigenvalue weighted by atomic mass is 28.2. The zero-order valence-electron chi connectivity index (χ0n) is 19.6. The van der Waals surface area contributed by atoms with Crippen molar-refractivity contribution in [3.63, 3.8) is 0 Å². The largest absolute Gasteiger partial charge is 0.310 e. The summed E-state index contributed by atoms with van der Waals surface area (Å²) >= 11 is 0. The summed E-state index contributed by atoms with van der Waals surface area (Å²) in [7, 11) is 0.793. The maximum Gasteiger partial charge on any atom is 0.0773 e. The van der Waals surface area contributed by atoms with Crippen molar-refractivity contribution in [2.45, 2.75) is 6.55 Å². The monoisotopic (exact) mass is 463 g/mol. The Balaban J connectivity index is 1.50. The zero-order chi connectivity index (χ0) is 23.6. The molecule has 35 heavy (non-hydrogen) atoms. The zero-order valence-corrected chi connectivity index (χ0v) is 20.6. The molecule has 0 N–H and O–H groups in total. The van der Waals surface area contributed by atoms with Crippen LogP contribution in [0.25, 0.3) is 32.7 Å². The molecule has 0 amide bonds. The number of benzene rings is 6. The van der Waals surface area contributed by atoms with Crippen LogP contribution in [0.15, 0.2) is 133 Å². The van der Waals surface area contributed by atoms with Crippen molar-refractivity contribution in [3.05, 3.63) is 133 Å². The van der Waals surface area contributed by atoms with E-state index in [1.807, 2.05) is 0 Å². The van der Waals surface area contributed by atoms with Crippen molar-refractivity contribution in [3.8, 4) is 11.1 Å². The SMILES string of the molecule is C[Si]c1ccc(N(c2ccc(-c3ccccc3)cc2)c2ccc3ccc4ccccc4c3c2)cc1. The molecule has 2 heteroatoms. The van der Waals surface area contributed by atoms with Gasteiger partial charge in [-0.3, -0.25) is 0 Å². The average molecular weight is 464 g/mol.